The Morgan fingerprint density at radius 3 is 2.41 bits per heavy atom. The van der Waals surface area contributed by atoms with Crippen molar-refractivity contribution in [3.05, 3.63) is 60.2 Å². The Balaban J connectivity index is 1.52. The van der Waals surface area contributed by atoms with Crippen LogP contribution < -0.4 is 10.6 Å². The minimum atomic E-state index is -0.612. The Morgan fingerprint density at radius 2 is 1.76 bits per heavy atom. The van der Waals surface area contributed by atoms with Gasteiger partial charge in [-0.05, 0) is 55.6 Å². The van der Waals surface area contributed by atoms with E-state index < -0.39 is 6.04 Å². The van der Waals surface area contributed by atoms with Gasteiger partial charge < -0.3 is 15.4 Å². The zero-order valence-electron chi connectivity index (χ0n) is 16.6. The van der Waals surface area contributed by atoms with Crippen LogP contribution in [0.1, 0.15) is 31.4 Å². The number of nitrogens with zero attached hydrogens (tertiary/aromatic N) is 1. The van der Waals surface area contributed by atoms with Gasteiger partial charge in [-0.3, -0.25) is 9.69 Å². The quantitative estimate of drug-likeness (QED) is 0.736. The third-order valence-electron chi connectivity index (χ3n) is 5.73. The Morgan fingerprint density at radius 1 is 1.03 bits per heavy atom. The molecule has 3 aliphatic heterocycles. The highest BCUT2D eigenvalue weighted by Gasteiger charge is 2.37. The summed E-state index contributed by atoms with van der Waals surface area (Å²) in [5.41, 5.74) is 2.28. The highest BCUT2D eigenvalue weighted by Crippen LogP contribution is 2.31. The molecular weight excluding hydrogens is 366 g/mol. The van der Waals surface area contributed by atoms with E-state index in [-0.39, 0.29) is 18.0 Å². The van der Waals surface area contributed by atoms with E-state index in [1.54, 1.807) is 0 Å². The predicted octanol–water partition coefficient (Wildman–Crippen LogP) is 3.44. The van der Waals surface area contributed by atoms with Gasteiger partial charge in [0, 0.05) is 24.8 Å². The molecule has 6 nitrogen and oxygen atoms in total. The first-order valence-electron chi connectivity index (χ1n) is 10.2. The van der Waals surface area contributed by atoms with Crippen LogP contribution in [0.25, 0.3) is 0 Å². The maximum absolute atomic E-state index is 13.2. The number of amides is 1. The summed E-state index contributed by atoms with van der Waals surface area (Å²) < 4.78 is 6.00. The average Bonchev–Trinajstić information content (AvgIpc) is 2.73. The molecule has 6 heteroatoms. The van der Waals surface area contributed by atoms with Crippen molar-refractivity contribution in [2.75, 3.05) is 30.3 Å². The van der Waals surface area contributed by atoms with Crippen molar-refractivity contribution in [2.45, 2.75) is 31.9 Å². The van der Waals surface area contributed by atoms with Gasteiger partial charge in [0.15, 0.2) is 6.04 Å². The first kappa shape index (κ1) is 19.5. The van der Waals surface area contributed by atoms with Crippen LogP contribution in [0, 0.1) is 5.92 Å². The molecule has 2 bridgehead atoms. The molecule has 3 saturated heterocycles. The van der Waals surface area contributed by atoms with Gasteiger partial charge in [-0.2, -0.15) is 0 Å². The van der Waals surface area contributed by atoms with Gasteiger partial charge in [-0.15, -0.1) is 0 Å². The molecule has 0 aromatic heterocycles. The molecule has 2 N–H and O–H groups in total. The summed E-state index contributed by atoms with van der Waals surface area (Å²) in [5, 5.41) is 6.07. The molecule has 0 aliphatic carbocycles. The molecule has 2 atom stereocenters. The second kappa shape index (κ2) is 8.66. The molecule has 1 unspecified atom stereocenters. The van der Waals surface area contributed by atoms with Crippen molar-refractivity contribution >= 4 is 23.3 Å². The normalized spacial score (nSPS) is 23.8. The third-order valence-corrected chi connectivity index (χ3v) is 5.73. The fraction of sp³-hybridized carbons (Fsp3) is 0.391. The number of hydrogen-bond acceptors (Lipinski definition) is 5. The molecular formula is C23H27N3O3. The van der Waals surface area contributed by atoms with Gasteiger partial charge in [0.2, 0.25) is 5.91 Å². The molecule has 5 rings (SSSR count). The number of carbonyl (C=O) groups excluding carboxylic acids is 2. The minimum Gasteiger partial charge on any atom is -0.459 e. The average molecular weight is 393 g/mol. The van der Waals surface area contributed by atoms with Crippen molar-refractivity contribution < 1.29 is 14.3 Å². The van der Waals surface area contributed by atoms with Crippen LogP contribution in [0.3, 0.4) is 0 Å². The molecule has 3 aliphatic rings. The number of nitrogens with one attached hydrogen (secondary N) is 2. The lowest BCUT2D eigenvalue weighted by Crippen LogP contribution is -2.52. The number of rotatable bonds is 6. The largest absolute Gasteiger partial charge is 0.459 e. The van der Waals surface area contributed by atoms with Crippen molar-refractivity contribution in [1.82, 2.24) is 4.90 Å². The summed E-state index contributed by atoms with van der Waals surface area (Å²) in [5.74, 6) is 0.0619. The van der Waals surface area contributed by atoms with Crippen LogP contribution in [0.4, 0.5) is 11.4 Å². The van der Waals surface area contributed by atoms with E-state index in [1.807, 2.05) is 54.6 Å². The Bertz CT molecular complexity index is 863. The molecule has 0 spiro atoms. The van der Waals surface area contributed by atoms with Crippen LogP contribution >= 0.6 is 0 Å². The standard InChI is InChI=1S/C23H27N3O3/c1-16(27)24-19-8-5-9-20(14-19)25-22(18-6-3-2-4-7-18)23(28)29-21-15-26-12-10-17(21)11-13-26/h2-9,14,17,21-22,25H,10-13,15H2,1H3,(H,24,27)/t21?,22-/m1/s1. The summed E-state index contributed by atoms with van der Waals surface area (Å²) in [6.45, 7) is 4.51. The lowest BCUT2D eigenvalue weighted by atomic mass is 9.86. The number of piperidine rings is 3. The number of carbonyl (C=O) groups is 2. The highest BCUT2D eigenvalue weighted by molar-refractivity contribution is 5.89. The van der Waals surface area contributed by atoms with Crippen molar-refractivity contribution in [2.24, 2.45) is 5.92 Å². The summed E-state index contributed by atoms with van der Waals surface area (Å²) in [6, 6.07) is 16.3. The highest BCUT2D eigenvalue weighted by atomic mass is 16.5. The molecule has 152 valence electrons. The maximum atomic E-state index is 13.2. The number of fused-ring (bicyclic) bond motifs is 3. The van der Waals surface area contributed by atoms with Crippen LogP contribution in [0.5, 0.6) is 0 Å². The lowest BCUT2D eigenvalue weighted by Gasteiger charge is -2.44. The smallest absolute Gasteiger partial charge is 0.333 e. The molecule has 1 amide bonds. The SMILES string of the molecule is CC(=O)Nc1cccc(N[C@@H](C(=O)OC2CN3CCC2CC3)c2ccccc2)c1. The Labute approximate surface area is 171 Å². The predicted molar refractivity (Wildman–Crippen MR) is 113 cm³/mol. The first-order valence-corrected chi connectivity index (χ1v) is 10.2. The summed E-state index contributed by atoms with van der Waals surface area (Å²) in [4.78, 5) is 26.9. The third kappa shape index (κ3) is 4.77. The van der Waals surface area contributed by atoms with Crippen LogP contribution in [-0.2, 0) is 14.3 Å². The molecule has 0 radical (unpaired) electrons. The number of anilines is 2. The van der Waals surface area contributed by atoms with Crippen LogP contribution in [0.2, 0.25) is 0 Å². The van der Waals surface area contributed by atoms with E-state index in [1.165, 1.54) is 6.92 Å². The molecule has 0 saturated carbocycles. The van der Waals surface area contributed by atoms with E-state index in [4.69, 9.17) is 4.74 Å². The van der Waals surface area contributed by atoms with E-state index in [0.29, 0.717) is 11.6 Å². The molecule has 2 aromatic rings. The second-order valence-electron chi connectivity index (χ2n) is 7.86. The molecule has 29 heavy (non-hydrogen) atoms. The van der Waals surface area contributed by atoms with Gasteiger partial charge in [-0.25, -0.2) is 4.79 Å². The topological polar surface area (TPSA) is 70.7 Å². The van der Waals surface area contributed by atoms with Gasteiger partial charge in [0.25, 0.3) is 0 Å². The van der Waals surface area contributed by atoms with Crippen molar-refractivity contribution in [3.63, 3.8) is 0 Å². The van der Waals surface area contributed by atoms with Gasteiger partial charge in [-0.1, -0.05) is 36.4 Å². The molecule has 3 fully saturated rings. The maximum Gasteiger partial charge on any atom is 0.333 e. The van der Waals surface area contributed by atoms with Gasteiger partial charge >= 0.3 is 5.97 Å². The summed E-state index contributed by atoms with van der Waals surface area (Å²) in [6.07, 6.45) is 2.16. The van der Waals surface area contributed by atoms with E-state index in [2.05, 4.69) is 15.5 Å². The summed E-state index contributed by atoms with van der Waals surface area (Å²) in [7, 11) is 0. The minimum absolute atomic E-state index is 0.0382. The molecule has 2 aromatic carbocycles. The first-order chi connectivity index (χ1) is 14.1. The Kier molecular flexibility index (Phi) is 5.81. The number of esters is 1. The fourth-order valence-electron chi connectivity index (χ4n) is 4.24. The zero-order valence-corrected chi connectivity index (χ0v) is 16.6. The van der Waals surface area contributed by atoms with Gasteiger partial charge in [0.1, 0.15) is 6.10 Å². The van der Waals surface area contributed by atoms with E-state index in [9.17, 15) is 9.59 Å². The number of ether oxygens (including phenoxy) is 1. The Hall–Kier alpha value is -2.86. The number of benzene rings is 2. The molecule has 3 heterocycles. The van der Waals surface area contributed by atoms with Gasteiger partial charge in [0.05, 0.1) is 0 Å². The zero-order chi connectivity index (χ0) is 20.2. The summed E-state index contributed by atoms with van der Waals surface area (Å²) >= 11 is 0. The van der Waals surface area contributed by atoms with Crippen LogP contribution in [0.15, 0.2) is 54.6 Å². The lowest BCUT2D eigenvalue weighted by molar-refractivity contribution is -0.159. The van der Waals surface area contributed by atoms with Crippen LogP contribution in [-0.4, -0.2) is 42.5 Å². The van der Waals surface area contributed by atoms with Crippen molar-refractivity contribution in [1.29, 1.82) is 0 Å². The van der Waals surface area contributed by atoms with E-state index >= 15 is 0 Å². The monoisotopic (exact) mass is 393 g/mol. The van der Waals surface area contributed by atoms with Crippen molar-refractivity contribution in [3.8, 4) is 0 Å². The fourth-order valence-corrected chi connectivity index (χ4v) is 4.24. The van der Waals surface area contributed by atoms with E-state index in [0.717, 1.165) is 43.7 Å². The number of hydrogen-bond donors (Lipinski definition) is 2. The second-order valence-corrected chi connectivity index (χ2v) is 7.86.